The number of hydrogen-bond acceptors (Lipinski definition) is 5. The molecule has 0 saturated heterocycles. The molecule has 0 radical (unpaired) electrons. The van der Waals surface area contributed by atoms with Crippen molar-refractivity contribution in [2.24, 2.45) is 11.5 Å². The fourth-order valence-corrected chi connectivity index (χ4v) is 1.36. The summed E-state index contributed by atoms with van der Waals surface area (Å²) in [6, 6.07) is 0.899. The van der Waals surface area contributed by atoms with Crippen LogP contribution in [0.1, 0.15) is 18.0 Å². The first-order valence-electron chi connectivity index (χ1n) is 4.59. The van der Waals surface area contributed by atoms with Crippen LogP contribution in [0.4, 0.5) is 10.1 Å². The average molecular weight is 229 g/mol. The molecule has 0 heterocycles. The lowest BCUT2D eigenvalue weighted by Gasteiger charge is -2.12. The standard InChI is InChI=1S/C9H12FN3O3/c10-5-3-6(7(12)1-2-11)9(14)8(4-5)13(15)16/h3-4,7,14H,1-2,11-12H2/t7-/m1/s1. The quantitative estimate of drug-likeness (QED) is 0.521. The first kappa shape index (κ1) is 12.3. The van der Waals surface area contributed by atoms with E-state index in [1.54, 1.807) is 0 Å². The molecule has 0 unspecified atom stereocenters. The van der Waals surface area contributed by atoms with E-state index in [9.17, 15) is 19.6 Å². The summed E-state index contributed by atoms with van der Waals surface area (Å²) in [6.45, 7) is 0.241. The van der Waals surface area contributed by atoms with Gasteiger partial charge in [0.15, 0.2) is 5.75 Å². The highest BCUT2D eigenvalue weighted by Crippen LogP contribution is 2.34. The van der Waals surface area contributed by atoms with Crippen molar-refractivity contribution in [3.8, 4) is 5.75 Å². The summed E-state index contributed by atoms with van der Waals surface area (Å²) in [5.74, 6) is -1.42. The lowest BCUT2D eigenvalue weighted by Crippen LogP contribution is -2.16. The Bertz CT molecular complexity index is 411. The van der Waals surface area contributed by atoms with Crippen LogP contribution in [0.15, 0.2) is 12.1 Å². The topological polar surface area (TPSA) is 115 Å². The number of aromatic hydroxyl groups is 1. The molecular formula is C9H12FN3O3. The number of nitrogens with two attached hydrogens (primary N) is 2. The first-order valence-corrected chi connectivity index (χ1v) is 4.59. The van der Waals surface area contributed by atoms with E-state index in [4.69, 9.17) is 11.5 Å². The second-order valence-corrected chi connectivity index (χ2v) is 3.30. The van der Waals surface area contributed by atoms with Crippen LogP contribution in [0.25, 0.3) is 0 Å². The molecular weight excluding hydrogens is 217 g/mol. The Balaban J connectivity index is 3.23. The maximum atomic E-state index is 13.1. The van der Waals surface area contributed by atoms with E-state index in [-0.39, 0.29) is 12.1 Å². The number of nitro groups is 1. The van der Waals surface area contributed by atoms with Gasteiger partial charge in [-0.25, -0.2) is 4.39 Å². The third-order valence-electron chi connectivity index (χ3n) is 2.16. The van der Waals surface area contributed by atoms with E-state index >= 15 is 0 Å². The number of benzene rings is 1. The van der Waals surface area contributed by atoms with E-state index in [0.717, 1.165) is 6.07 Å². The summed E-state index contributed by atoms with van der Waals surface area (Å²) >= 11 is 0. The van der Waals surface area contributed by atoms with Crippen LogP contribution in [0, 0.1) is 15.9 Å². The number of hydrogen-bond donors (Lipinski definition) is 3. The molecule has 88 valence electrons. The van der Waals surface area contributed by atoms with Crippen molar-refractivity contribution in [1.29, 1.82) is 0 Å². The molecule has 0 fully saturated rings. The van der Waals surface area contributed by atoms with Crippen LogP contribution < -0.4 is 11.5 Å². The van der Waals surface area contributed by atoms with Crippen molar-refractivity contribution >= 4 is 5.69 Å². The molecule has 16 heavy (non-hydrogen) atoms. The van der Waals surface area contributed by atoms with Crippen molar-refractivity contribution in [2.75, 3.05) is 6.54 Å². The van der Waals surface area contributed by atoms with Crippen molar-refractivity contribution in [1.82, 2.24) is 0 Å². The van der Waals surface area contributed by atoms with Crippen LogP contribution in [0.2, 0.25) is 0 Å². The summed E-state index contributed by atoms with van der Waals surface area (Å²) in [4.78, 5) is 9.66. The molecule has 1 aromatic rings. The van der Waals surface area contributed by atoms with Crippen LogP contribution in [0.3, 0.4) is 0 Å². The Kier molecular flexibility index (Phi) is 3.75. The van der Waals surface area contributed by atoms with E-state index in [2.05, 4.69) is 0 Å². The molecule has 1 atom stereocenters. The van der Waals surface area contributed by atoms with Crippen LogP contribution >= 0.6 is 0 Å². The van der Waals surface area contributed by atoms with Gasteiger partial charge in [-0.2, -0.15) is 0 Å². The Morgan fingerprint density at radius 2 is 2.19 bits per heavy atom. The molecule has 6 nitrogen and oxygen atoms in total. The largest absolute Gasteiger partial charge is 0.502 e. The van der Waals surface area contributed by atoms with Gasteiger partial charge < -0.3 is 16.6 Å². The van der Waals surface area contributed by atoms with E-state index < -0.39 is 28.2 Å². The number of halogens is 1. The first-order chi connectivity index (χ1) is 7.47. The minimum Gasteiger partial charge on any atom is -0.502 e. The van der Waals surface area contributed by atoms with Crippen molar-refractivity contribution in [3.05, 3.63) is 33.6 Å². The van der Waals surface area contributed by atoms with Gasteiger partial charge in [-0.3, -0.25) is 10.1 Å². The zero-order valence-corrected chi connectivity index (χ0v) is 8.39. The molecule has 0 aliphatic heterocycles. The van der Waals surface area contributed by atoms with E-state index in [0.29, 0.717) is 12.5 Å². The minimum atomic E-state index is -0.864. The van der Waals surface area contributed by atoms with Gasteiger partial charge in [0.05, 0.1) is 11.0 Å². The highest BCUT2D eigenvalue weighted by molar-refractivity contribution is 5.52. The number of phenols is 1. The summed E-state index contributed by atoms with van der Waals surface area (Å²) in [7, 11) is 0. The lowest BCUT2D eigenvalue weighted by molar-refractivity contribution is -0.386. The van der Waals surface area contributed by atoms with E-state index in [1.807, 2.05) is 0 Å². The molecule has 0 aliphatic carbocycles. The predicted octanol–water partition coefficient (Wildman–Crippen LogP) is 0.788. The summed E-state index contributed by atoms with van der Waals surface area (Å²) in [5.41, 5.74) is 10.2. The van der Waals surface area contributed by atoms with Crippen molar-refractivity contribution < 1.29 is 14.4 Å². The zero-order chi connectivity index (χ0) is 12.3. The Morgan fingerprint density at radius 1 is 1.56 bits per heavy atom. The third kappa shape index (κ3) is 2.44. The SMILES string of the molecule is NCC[C@@H](N)c1cc(F)cc([N+](=O)[O-])c1O. The Labute approximate surface area is 90.8 Å². The summed E-state index contributed by atoms with van der Waals surface area (Å²) < 4.78 is 13.1. The molecule has 0 bridgehead atoms. The van der Waals surface area contributed by atoms with Gasteiger partial charge in [0, 0.05) is 11.6 Å². The molecule has 0 amide bonds. The normalized spacial score (nSPS) is 12.4. The number of phenolic OH excluding ortho intramolecular Hbond substituents is 1. The molecule has 5 N–H and O–H groups in total. The molecule has 1 aromatic carbocycles. The molecule has 1 rings (SSSR count). The average Bonchev–Trinajstić information content (AvgIpc) is 2.20. The summed E-state index contributed by atoms with van der Waals surface area (Å²) in [5, 5.41) is 20.1. The van der Waals surface area contributed by atoms with Gasteiger partial charge in [-0.15, -0.1) is 0 Å². The van der Waals surface area contributed by atoms with Gasteiger partial charge >= 0.3 is 5.69 Å². The monoisotopic (exact) mass is 229 g/mol. The van der Waals surface area contributed by atoms with Crippen molar-refractivity contribution in [2.45, 2.75) is 12.5 Å². The van der Waals surface area contributed by atoms with Crippen LogP contribution in [0.5, 0.6) is 5.75 Å². The van der Waals surface area contributed by atoms with Crippen LogP contribution in [-0.4, -0.2) is 16.6 Å². The molecule has 7 heteroatoms. The zero-order valence-electron chi connectivity index (χ0n) is 8.39. The Hall–Kier alpha value is -1.73. The highest BCUT2D eigenvalue weighted by atomic mass is 19.1. The fraction of sp³-hybridized carbons (Fsp3) is 0.333. The maximum absolute atomic E-state index is 13.1. The fourth-order valence-electron chi connectivity index (χ4n) is 1.36. The lowest BCUT2D eigenvalue weighted by atomic mass is 10.0. The molecule has 0 aliphatic rings. The predicted molar refractivity (Wildman–Crippen MR) is 55.3 cm³/mol. The highest BCUT2D eigenvalue weighted by Gasteiger charge is 2.22. The molecule has 0 saturated carbocycles. The number of nitro benzene ring substituents is 1. The second-order valence-electron chi connectivity index (χ2n) is 3.30. The minimum absolute atomic E-state index is 0.00264. The Morgan fingerprint density at radius 3 is 2.69 bits per heavy atom. The third-order valence-corrected chi connectivity index (χ3v) is 2.16. The number of rotatable bonds is 4. The maximum Gasteiger partial charge on any atom is 0.313 e. The second kappa shape index (κ2) is 4.86. The summed E-state index contributed by atoms with van der Waals surface area (Å²) in [6.07, 6.45) is 0.300. The molecule has 0 spiro atoms. The van der Waals surface area contributed by atoms with Gasteiger partial charge in [0.25, 0.3) is 0 Å². The van der Waals surface area contributed by atoms with Crippen LogP contribution in [-0.2, 0) is 0 Å². The van der Waals surface area contributed by atoms with Gasteiger partial charge in [-0.05, 0) is 19.0 Å². The smallest absolute Gasteiger partial charge is 0.313 e. The molecule has 0 aromatic heterocycles. The van der Waals surface area contributed by atoms with Crippen molar-refractivity contribution in [3.63, 3.8) is 0 Å². The number of nitrogens with zero attached hydrogens (tertiary/aromatic N) is 1. The van der Waals surface area contributed by atoms with E-state index in [1.165, 1.54) is 0 Å². The van der Waals surface area contributed by atoms with Gasteiger partial charge in [0.2, 0.25) is 0 Å². The van der Waals surface area contributed by atoms with Gasteiger partial charge in [-0.1, -0.05) is 0 Å². The van der Waals surface area contributed by atoms with Gasteiger partial charge in [0.1, 0.15) is 5.82 Å².